The molecule has 0 spiro atoms. The zero-order chi connectivity index (χ0) is 13.0. The summed E-state index contributed by atoms with van der Waals surface area (Å²) in [5.41, 5.74) is 0.468. The molecular formula is C13H12ClNOS2. The highest BCUT2D eigenvalue weighted by Crippen LogP contribution is 2.19. The molecule has 0 bridgehead atoms. The van der Waals surface area contributed by atoms with Gasteiger partial charge >= 0.3 is 0 Å². The van der Waals surface area contributed by atoms with Gasteiger partial charge in [0.15, 0.2) is 0 Å². The summed E-state index contributed by atoms with van der Waals surface area (Å²) in [7, 11) is 0. The summed E-state index contributed by atoms with van der Waals surface area (Å²) in [5.74, 6) is -0.160. The topological polar surface area (TPSA) is 29.1 Å². The molecule has 94 valence electrons. The van der Waals surface area contributed by atoms with Gasteiger partial charge in [0.1, 0.15) is 0 Å². The van der Waals surface area contributed by atoms with Crippen LogP contribution in [0.4, 0.5) is 0 Å². The summed E-state index contributed by atoms with van der Waals surface area (Å²) in [4.78, 5) is 13.9. The van der Waals surface area contributed by atoms with Crippen LogP contribution in [0.2, 0.25) is 5.02 Å². The maximum Gasteiger partial charge on any atom is 0.252 e. The standard InChI is InChI=1S/C13H12ClNOS2/c14-12-4-3-9(17)8-11(12)13(16)15-6-5-10-2-1-7-18-10/h1-4,7-8,17H,5-6H2,(H,15,16). The zero-order valence-electron chi connectivity index (χ0n) is 9.52. The minimum absolute atomic E-state index is 0.160. The molecule has 2 aromatic rings. The minimum Gasteiger partial charge on any atom is -0.352 e. The lowest BCUT2D eigenvalue weighted by Crippen LogP contribution is -2.25. The van der Waals surface area contributed by atoms with E-state index in [2.05, 4.69) is 24.0 Å². The number of halogens is 1. The normalized spacial score (nSPS) is 10.3. The summed E-state index contributed by atoms with van der Waals surface area (Å²) >= 11 is 11.9. The second-order valence-electron chi connectivity index (χ2n) is 3.75. The van der Waals surface area contributed by atoms with E-state index in [1.807, 2.05) is 11.4 Å². The van der Waals surface area contributed by atoms with Gasteiger partial charge in [-0.25, -0.2) is 0 Å². The van der Waals surface area contributed by atoms with E-state index < -0.39 is 0 Å². The third kappa shape index (κ3) is 3.51. The summed E-state index contributed by atoms with van der Waals surface area (Å²) in [6.07, 6.45) is 0.835. The quantitative estimate of drug-likeness (QED) is 0.829. The number of carbonyl (C=O) groups excluding carboxylic acids is 1. The minimum atomic E-state index is -0.160. The number of thiol groups is 1. The van der Waals surface area contributed by atoms with Crippen molar-refractivity contribution in [3.8, 4) is 0 Å². The van der Waals surface area contributed by atoms with Crippen molar-refractivity contribution < 1.29 is 4.79 Å². The van der Waals surface area contributed by atoms with E-state index in [1.54, 1.807) is 29.5 Å². The number of nitrogens with one attached hydrogen (secondary N) is 1. The Morgan fingerprint density at radius 1 is 1.39 bits per heavy atom. The van der Waals surface area contributed by atoms with E-state index in [9.17, 15) is 4.79 Å². The van der Waals surface area contributed by atoms with Crippen LogP contribution < -0.4 is 5.32 Å². The molecule has 0 unspecified atom stereocenters. The second-order valence-corrected chi connectivity index (χ2v) is 5.71. The van der Waals surface area contributed by atoms with Gasteiger partial charge < -0.3 is 5.32 Å². The van der Waals surface area contributed by atoms with Gasteiger partial charge in [-0.15, -0.1) is 24.0 Å². The first kappa shape index (κ1) is 13.5. The lowest BCUT2D eigenvalue weighted by molar-refractivity contribution is 0.0954. The van der Waals surface area contributed by atoms with Gasteiger partial charge in [0.2, 0.25) is 0 Å². The van der Waals surface area contributed by atoms with E-state index in [0.717, 1.165) is 11.3 Å². The van der Waals surface area contributed by atoms with Crippen LogP contribution in [0.1, 0.15) is 15.2 Å². The molecule has 0 aliphatic heterocycles. The number of carbonyl (C=O) groups is 1. The fraction of sp³-hybridized carbons (Fsp3) is 0.154. The summed E-state index contributed by atoms with van der Waals surface area (Å²) in [5, 5.41) is 5.33. The SMILES string of the molecule is O=C(NCCc1cccs1)c1cc(S)ccc1Cl. The van der Waals surface area contributed by atoms with E-state index >= 15 is 0 Å². The number of benzene rings is 1. The van der Waals surface area contributed by atoms with Crippen molar-refractivity contribution in [2.24, 2.45) is 0 Å². The van der Waals surface area contributed by atoms with Crippen LogP contribution in [0.15, 0.2) is 40.6 Å². The maximum atomic E-state index is 11.9. The van der Waals surface area contributed by atoms with Crippen molar-refractivity contribution in [1.29, 1.82) is 0 Å². The first-order valence-electron chi connectivity index (χ1n) is 5.46. The average Bonchev–Trinajstić information content (AvgIpc) is 2.85. The van der Waals surface area contributed by atoms with Crippen molar-refractivity contribution in [3.05, 3.63) is 51.2 Å². The Kier molecular flexibility index (Phi) is 4.69. The Hall–Kier alpha value is -0.970. The van der Waals surface area contributed by atoms with Gasteiger partial charge in [-0.2, -0.15) is 0 Å². The summed E-state index contributed by atoms with van der Waals surface area (Å²) < 4.78 is 0. The Labute approximate surface area is 120 Å². The molecule has 1 aromatic carbocycles. The molecule has 1 aromatic heterocycles. The van der Waals surface area contributed by atoms with E-state index in [1.165, 1.54) is 4.88 Å². The van der Waals surface area contributed by atoms with Crippen molar-refractivity contribution in [3.63, 3.8) is 0 Å². The summed E-state index contributed by atoms with van der Waals surface area (Å²) in [6, 6.07) is 9.17. The first-order valence-corrected chi connectivity index (χ1v) is 7.16. The van der Waals surface area contributed by atoms with Crippen molar-refractivity contribution in [2.75, 3.05) is 6.54 Å². The second kappa shape index (κ2) is 6.27. The van der Waals surface area contributed by atoms with Gasteiger partial charge in [0.25, 0.3) is 5.91 Å². The molecule has 0 atom stereocenters. The molecule has 2 nitrogen and oxygen atoms in total. The molecule has 0 saturated carbocycles. The van der Waals surface area contributed by atoms with Crippen LogP contribution in [0.5, 0.6) is 0 Å². The van der Waals surface area contributed by atoms with Crippen LogP contribution in [0.25, 0.3) is 0 Å². The maximum absolute atomic E-state index is 11.9. The number of thiophene rings is 1. The third-order valence-electron chi connectivity index (χ3n) is 2.43. The average molecular weight is 298 g/mol. The van der Waals surface area contributed by atoms with Gasteiger partial charge in [-0.05, 0) is 36.1 Å². The Balaban J connectivity index is 1.93. The molecule has 18 heavy (non-hydrogen) atoms. The highest BCUT2D eigenvalue weighted by Gasteiger charge is 2.10. The number of hydrogen-bond donors (Lipinski definition) is 2. The van der Waals surface area contributed by atoms with Crippen LogP contribution in [0, 0.1) is 0 Å². The number of amides is 1. The molecule has 1 N–H and O–H groups in total. The van der Waals surface area contributed by atoms with Crippen molar-refractivity contribution >= 4 is 41.5 Å². The smallest absolute Gasteiger partial charge is 0.252 e. The molecule has 0 fully saturated rings. The van der Waals surface area contributed by atoms with Gasteiger partial charge in [0, 0.05) is 16.3 Å². The first-order chi connectivity index (χ1) is 8.66. The highest BCUT2D eigenvalue weighted by molar-refractivity contribution is 7.80. The van der Waals surface area contributed by atoms with Gasteiger partial charge in [-0.1, -0.05) is 17.7 Å². The van der Waals surface area contributed by atoms with Crippen LogP contribution in [-0.4, -0.2) is 12.5 Å². The lowest BCUT2D eigenvalue weighted by atomic mass is 10.2. The molecule has 1 heterocycles. The van der Waals surface area contributed by atoms with Crippen LogP contribution in [-0.2, 0) is 6.42 Å². The molecule has 5 heteroatoms. The fourth-order valence-electron chi connectivity index (χ4n) is 1.54. The molecule has 1 amide bonds. The van der Waals surface area contributed by atoms with Crippen LogP contribution >= 0.6 is 35.6 Å². The van der Waals surface area contributed by atoms with Crippen molar-refractivity contribution in [2.45, 2.75) is 11.3 Å². The number of rotatable bonds is 4. The lowest BCUT2D eigenvalue weighted by Gasteiger charge is -2.06. The molecular weight excluding hydrogens is 286 g/mol. The monoisotopic (exact) mass is 297 g/mol. The fourth-order valence-corrected chi connectivity index (χ4v) is 2.65. The Morgan fingerprint density at radius 3 is 2.94 bits per heavy atom. The predicted molar refractivity (Wildman–Crippen MR) is 79.1 cm³/mol. The highest BCUT2D eigenvalue weighted by atomic mass is 35.5. The van der Waals surface area contributed by atoms with Gasteiger partial charge in [-0.3, -0.25) is 4.79 Å². The predicted octanol–water partition coefficient (Wildman–Crippen LogP) is 3.66. The molecule has 0 saturated heterocycles. The third-order valence-corrected chi connectivity index (χ3v) is 3.98. The van der Waals surface area contributed by atoms with Gasteiger partial charge in [0.05, 0.1) is 10.6 Å². The Morgan fingerprint density at radius 2 is 2.22 bits per heavy atom. The Bertz CT molecular complexity index is 540. The molecule has 2 rings (SSSR count). The van der Waals surface area contributed by atoms with E-state index in [0.29, 0.717) is 17.1 Å². The van der Waals surface area contributed by atoms with Crippen molar-refractivity contribution in [1.82, 2.24) is 5.32 Å². The molecule has 0 aliphatic carbocycles. The van der Waals surface area contributed by atoms with Crippen LogP contribution in [0.3, 0.4) is 0 Å². The molecule has 0 radical (unpaired) electrons. The largest absolute Gasteiger partial charge is 0.352 e. The zero-order valence-corrected chi connectivity index (χ0v) is 12.0. The van der Waals surface area contributed by atoms with E-state index in [-0.39, 0.29) is 5.91 Å². The number of hydrogen-bond acceptors (Lipinski definition) is 3. The van der Waals surface area contributed by atoms with E-state index in [4.69, 9.17) is 11.6 Å². The molecule has 0 aliphatic rings. The summed E-state index contributed by atoms with van der Waals surface area (Å²) in [6.45, 7) is 0.604.